The van der Waals surface area contributed by atoms with Crippen molar-refractivity contribution >= 4 is 78.0 Å². The second kappa shape index (κ2) is 83.3. The lowest BCUT2D eigenvalue weighted by Gasteiger charge is -2.17. The summed E-state index contributed by atoms with van der Waals surface area (Å²) in [6.07, 6.45) is 9.29. The lowest BCUT2D eigenvalue weighted by molar-refractivity contribution is -0.132. The number of rotatable bonds is 58. The molecule has 0 heterocycles. The third kappa shape index (κ3) is 89.5. The van der Waals surface area contributed by atoms with Crippen LogP contribution in [-0.4, -0.2) is 240 Å². The smallest absolute Gasteiger partial charge is 0.221 e. The molecule has 0 saturated heterocycles. The van der Waals surface area contributed by atoms with Gasteiger partial charge < -0.3 is 96.1 Å². The molecule has 28 heteroatoms. The fraction of sp³-hybridized carbons (Fsp3) is 0.787. The fourth-order valence-electron chi connectivity index (χ4n) is 5.88. The molecule has 0 aromatic heterocycles. The fourth-order valence-corrected chi connectivity index (χ4v) is 7.27. The SMILES string of the molecule is C.C=CCOC(C)OCCCC(=O)C=C.C=CCOC(C)OCCNC(=O)CCN(C)CCC(=O)NCCOC(C)OCC=C.CC.CC(OCCCSCCN)OCCNC(=O)CCNCCC(=O)NCCOC(C)OCCCSCCN.Cl.NCCS. The number of nitrogens with one attached hydrogen (secondary N) is 5. The van der Waals surface area contributed by atoms with E-state index in [1.165, 1.54) is 6.08 Å². The summed E-state index contributed by atoms with van der Waals surface area (Å²) in [5.74, 6) is 4.60. The van der Waals surface area contributed by atoms with E-state index >= 15 is 0 Å². The molecule has 0 fully saturated rings. The van der Waals surface area contributed by atoms with Crippen molar-refractivity contribution in [2.45, 2.75) is 139 Å². The molecule has 530 valence electrons. The van der Waals surface area contributed by atoms with Gasteiger partial charge in [-0.25, -0.2) is 0 Å². The van der Waals surface area contributed by atoms with Crippen molar-refractivity contribution in [3.8, 4) is 0 Å². The van der Waals surface area contributed by atoms with Crippen LogP contribution in [0.3, 0.4) is 0 Å². The molecule has 4 amide bonds. The van der Waals surface area contributed by atoms with Gasteiger partial charge in [-0.15, -0.1) is 32.1 Å². The van der Waals surface area contributed by atoms with E-state index in [1.54, 1.807) is 32.1 Å². The zero-order valence-electron chi connectivity index (χ0n) is 55.0. The molecule has 0 aliphatic carbocycles. The van der Waals surface area contributed by atoms with Crippen LogP contribution in [0.5, 0.6) is 0 Å². The normalized spacial score (nSPS) is 12.0. The van der Waals surface area contributed by atoms with Gasteiger partial charge in [0.25, 0.3) is 0 Å². The summed E-state index contributed by atoms with van der Waals surface area (Å²) in [6, 6.07) is 0. The van der Waals surface area contributed by atoms with Crippen molar-refractivity contribution in [1.82, 2.24) is 31.5 Å². The van der Waals surface area contributed by atoms with Crippen LogP contribution >= 0.6 is 48.6 Å². The summed E-state index contributed by atoms with van der Waals surface area (Å²) in [4.78, 5) is 60.2. The Labute approximate surface area is 558 Å². The molecule has 5 unspecified atom stereocenters. The zero-order chi connectivity index (χ0) is 66.2. The second-order valence-electron chi connectivity index (χ2n) is 18.0. The standard InChI is InChI=1S/C24H51N5O6S2.C21H39N3O6.C11H18O3.C2H7NS.C2H6.CH4.ClH/c1-21(32-13-3-17-36-19-7-25)34-15-11-28-23(30)5-9-27-10-6-24(31)29-12-16-35-22(2)33-14-4-18-37-20-8-26;1-6-14-27-18(3)29-16-10-22-20(25)8-12-24(5)13-9-21(26)23-11-17-30-19(4)28-15-7-2;1-4-8-13-10(3)14-9-6-7-11(12)5-2;3-1-2-4;1-2;;/h21-22,27H,3-20,25-26H2,1-2H3,(H,28,30)(H,29,31);6-7,18-19H,1-2,8-17H2,3-5H3,(H,22,25)(H,23,26);4-5,10H,1-2,6-9H2,3H3;4H,1-3H2;1-2H3;1H4;1H. The number of halogens is 1. The number of thioether (sulfide) groups is 2. The highest BCUT2D eigenvalue weighted by atomic mass is 35.5. The topological polar surface area (TPSA) is 319 Å². The molecule has 24 nitrogen and oxygen atoms in total. The molecule has 0 aromatic carbocycles. The Bertz CT molecular complexity index is 1520. The summed E-state index contributed by atoms with van der Waals surface area (Å²) in [6.45, 7) is 37.8. The number of allylic oxidation sites excluding steroid dienone is 1. The lowest BCUT2D eigenvalue weighted by Crippen LogP contribution is -2.34. The maximum Gasteiger partial charge on any atom is 0.221 e. The molecule has 0 rings (SSSR count). The summed E-state index contributed by atoms with van der Waals surface area (Å²) < 4.78 is 54.0. The third-order valence-electron chi connectivity index (χ3n) is 10.3. The zero-order valence-corrected chi connectivity index (χ0v) is 58.4. The largest absolute Gasteiger partial charge is 0.354 e. The van der Waals surface area contributed by atoms with Gasteiger partial charge in [-0.3, -0.25) is 24.0 Å². The highest BCUT2D eigenvalue weighted by Gasteiger charge is 2.10. The van der Waals surface area contributed by atoms with Crippen LogP contribution < -0.4 is 43.8 Å². The average molecular weight is 1360 g/mol. The molecular formula is C61H126ClN9O15S3. The monoisotopic (exact) mass is 1360 g/mol. The molecule has 5 atom stereocenters. The van der Waals surface area contributed by atoms with E-state index in [4.69, 9.17) is 64.6 Å². The first-order chi connectivity index (χ1) is 42.0. The summed E-state index contributed by atoms with van der Waals surface area (Å²) in [7, 11) is 1.88. The van der Waals surface area contributed by atoms with Crippen LogP contribution in [0.25, 0.3) is 0 Å². The second-order valence-corrected chi connectivity index (χ2v) is 20.9. The minimum Gasteiger partial charge on any atom is -0.354 e. The molecule has 0 aliphatic rings. The van der Waals surface area contributed by atoms with Gasteiger partial charge in [-0.1, -0.05) is 46.1 Å². The highest BCUT2D eigenvalue weighted by Crippen LogP contribution is 2.05. The molecule has 0 spiro atoms. The average Bonchev–Trinajstić information content (AvgIpc) is 3.53. The Kier molecular flexibility index (Phi) is 93.4. The van der Waals surface area contributed by atoms with E-state index in [9.17, 15) is 24.0 Å². The number of carbonyl (C=O) groups excluding carboxylic acids is 5. The molecule has 0 aliphatic heterocycles. The molecule has 0 radical (unpaired) electrons. The van der Waals surface area contributed by atoms with Crippen LogP contribution in [-0.2, 0) is 71.3 Å². The number of thiol groups is 1. The molecule has 0 aromatic rings. The van der Waals surface area contributed by atoms with E-state index in [0.29, 0.717) is 177 Å². The number of carbonyl (C=O) groups is 5. The van der Waals surface area contributed by atoms with E-state index < -0.39 is 0 Å². The van der Waals surface area contributed by atoms with E-state index in [0.717, 1.165) is 41.6 Å². The maximum atomic E-state index is 11.9. The number of ether oxygens (including phenoxy) is 10. The van der Waals surface area contributed by atoms with Crippen LogP contribution in [0, 0.1) is 0 Å². The minimum absolute atomic E-state index is 0. The Hall–Kier alpha value is -2.75. The first-order valence-corrected chi connectivity index (χ1v) is 33.4. The van der Waals surface area contributed by atoms with Crippen LogP contribution in [0.1, 0.15) is 107 Å². The number of amides is 4. The Morgan fingerprint density at radius 2 is 0.753 bits per heavy atom. The van der Waals surface area contributed by atoms with Crippen molar-refractivity contribution in [3.05, 3.63) is 50.6 Å². The number of ketones is 1. The highest BCUT2D eigenvalue weighted by molar-refractivity contribution is 7.99. The first-order valence-electron chi connectivity index (χ1n) is 30.5. The molecule has 0 saturated carbocycles. The Morgan fingerprint density at radius 3 is 1.04 bits per heavy atom. The van der Waals surface area contributed by atoms with Gasteiger partial charge >= 0.3 is 0 Å². The van der Waals surface area contributed by atoms with Crippen molar-refractivity contribution in [2.75, 3.05) is 174 Å². The van der Waals surface area contributed by atoms with Crippen molar-refractivity contribution in [2.24, 2.45) is 17.2 Å². The van der Waals surface area contributed by atoms with Crippen molar-refractivity contribution in [1.29, 1.82) is 0 Å². The van der Waals surface area contributed by atoms with Gasteiger partial charge in [0.1, 0.15) is 0 Å². The van der Waals surface area contributed by atoms with Crippen LogP contribution in [0.15, 0.2) is 50.6 Å². The van der Waals surface area contributed by atoms with E-state index in [1.807, 2.05) is 70.1 Å². The third-order valence-corrected chi connectivity index (χ3v) is 12.8. The van der Waals surface area contributed by atoms with Crippen molar-refractivity contribution < 1.29 is 71.3 Å². The number of nitrogens with two attached hydrogens (primary N) is 3. The van der Waals surface area contributed by atoms with Gasteiger partial charge in [0, 0.05) is 121 Å². The predicted octanol–water partition coefficient (Wildman–Crippen LogP) is 5.62. The van der Waals surface area contributed by atoms with Crippen molar-refractivity contribution in [3.63, 3.8) is 0 Å². The maximum absolute atomic E-state index is 11.9. The number of nitrogens with zero attached hydrogens (tertiary/aromatic N) is 1. The molecule has 89 heavy (non-hydrogen) atoms. The number of hydrogen-bond acceptors (Lipinski definition) is 23. The van der Waals surface area contributed by atoms with Gasteiger partial charge in [0.05, 0.1) is 66.1 Å². The van der Waals surface area contributed by atoms with E-state index in [-0.39, 0.29) is 80.7 Å². The quantitative estimate of drug-likeness (QED) is 0.0117. The van der Waals surface area contributed by atoms with Gasteiger partial charge in [0.2, 0.25) is 23.6 Å². The van der Waals surface area contributed by atoms with Gasteiger partial charge in [0.15, 0.2) is 37.2 Å². The lowest BCUT2D eigenvalue weighted by atomic mass is 10.2. The summed E-state index contributed by atoms with van der Waals surface area (Å²) >= 11 is 7.43. The van der Waals surface area contributed by atoms with Crippen LogP contribution in [0.4, 0.5) is 0 Å². The summed E-state index contributed by atoms with van der Waals surface area (Å²) in [5, 5.41) is 14.3. The summed E-state index contributed by atoms with van der Waals surface area (Å²) in [5.41, 5.74) is 15.8. The van der Waals surface area contributed by atoms with Gasteiger partial charge in [-0.2, -0.15) is 36.2 Å². The molecule has 0 bridgehead atoms. The Balaban J connectivity index is -0.000000230. The van der Waals surface area contributed by atoms with E-state index in [2.05, 4.69) is 65.5 Å². The molecule has 11 N–H and O–H groups in total. The Morgan fingerprint density at radius 1 is 0.461 bits per heavy atom. The van der Waals surface area contributed by atoms with Crippen LogP contribution in [0.2, 0.25) is 0 Å². The van der Waals surface area contributed by atoms with Gasteiger partial charge in [-0.05, 0) is 78.5 Å². The molecular weight excluding hydrogens is 1230 g/mol. The first kappa shape index (κ1) is 99.8. The minimum atomic E-state index is -0.335. The predicted molar refractivity (Wildman–Crippen MR) is 373 cm³/mol. The number of hydrogen-bond donors (Lipinski definition) is 9.